The average Bonchev–Trinajstić information content (AvgIpc) is 1.14. The maximum absolute atomic E-state index is 9.57. The monoisotopic (exact) mass is 344 g/mol. The molecule has 0 rings (SSSR count). The van der Waals surface area contributed by atoms with E-state index in [9.17, 15) is 13.6 Å². The molecular weight excluding hydrogens is 332 g/mol. The molecule has 0 amide bonds. The van der Waals surface area contributed by atoms with Gasteiger partial charge in [0.1, 0.15) is 0 Å². The summed E-state index contributed by atoms with van der Waals surface area (Å²) in [4.78, 5) is 0. The van der Waals surface area contributed by atoms with E-state index in [2.05, 4.69) is 2.04 Å². The summed E-state index contributed by atoms with van der Waals surface area (Å²) in [5.74, 6) is 0. The summed E-state index contributed by atoms with van der Waals surface area (Å²) in [6, 6.07) is 0. The fourth-order valence-corrected chi connectivity index (χ4v) is 3.80. The molecule has 0 fully saturated rings. The van der Waals surface area contributed by atoms with Gasteiger partial charge in [0.2, 0.25) is 0 Å². The minimum atomic E-state index is -6.05. The van der Waals surface area contributed by atoms with Gasteiger partial charge in [-0.2, -0.15) is 0 Å². The Bertz CT molecular complexity index is 240. The molecule has 0 spiro atoms. The van der Waals surface area contributed by atoms with Crippen LogP contribution in [0.1, 0.15) is 0 Å². The Morgan fingerprint density at radius 1 is 0.818 bits per heavy atom. The van der Waals surface area contributed by atoms with Crippen LogP contribution in [0.5, 0.6) is 0 Å². The van der Waals surface area contributed by atoms with Crippen LogP contribution in [0.15, 0.2) is 0 Å². The molecule has 0 aliphatic rings. The number of rotatable bonds is 2. The van der Waals surface area contributed by atoms with E-state index >= 15 is 0 Å². The van der Waals surface area contributed by atoms with Crippen LogP contribution in [0.4, 0.5) is 0 Å². The van der Waals surface area contributed by atoms with Crippen molar-refractivity contribution in [1.29, 1.82) is 0 Å². The van der Waals surface area contributed by atoms with Gasteiger partial charge >= 0.3 is 56.6 Å². The first-order valence-corrected chi connectivity index (χ1v) is 8.08. The van der Waals surface area contributed by atoms with Crippen LogP contribution < -0.4 is 12.3 Å². The van der Waals surface area contributed by atoms with Crippen molar-refractivity contribution in [3.63, 3.8) is 0 Å². The van der Waals surface area contributed by atoms with Crippen LogP contribution in [0.25, 0.3) is 0 Å². The van der Waals surface area contributed by atoms with Crippen molar-refractivity contribution < 1.29 is 56.6 Å². The van der Waals surface area contributed by atoms with Crippen molar-refractivity contribution in [3.05, 3.63) is 0 Å². The van der Waals surface area contributed by atoms with Crippen molar-refractivity contribution >= 4 is 0 Å². The van der Waals surface area contributed by atoms with E-state index < -0.39 is 33.5 Å². The Morgan fingerprint density at radius 2 is 1.00 bits per heavy atom. The molecule has 0 aromatic heterocycles. The molecule has 8 N–H and O–H groups in total. The summed E-state index contributed by atoms with van der Waals surface area (Å²) in [7, 11) is 0. The second kappa shape index (κ2) is 5.10. The molecule has 11 heavy (non-hydrogen) atoms. The molecule has 0 bridgehead atoms. The van der Waals surface area contributed by atoms with E-state index in [4.69, 9.17) is 7.52 Å². The Morgan fingerprint density at radius 3 is 1.00 bits per heavy atom. The van der Waals surface area contributed by atoms with Crippen LogP contribution >= 0.6 is 0 Å². The third-order valence-electron chi connectivity index (χ3n) is 0.172. The predicted molar refractivity (Wildman–Crippen MR) is 18.3 cm³/mol. The van der Waals surface area contributed by atoms with Gasteiger partial charge in [0.25, 0.3) is 0 Å². The zero-order valence-electron chi connectivity index (χ0n) is 5.17. The average molecular weight is 340 g/mol. The molecule has 72 valence electrons. The molecule has 9 nitrogen and oxygen atoms in total. The molecule has 0 aliphatic heterocycles. The van der Waals surface area contributed by atoms with E-state index in [1.54, 1.807) is 0 Å². The van der Waals surface area contributed by atoms with Crippen molar-refractivity contribution in [3.8, 4) is 0 Å². The third kappa shape index (κ3) is 17.9. The van der Waals surface area contributed by atoms with E-state index in [1.807, 2.05) is 0 Å². The van der Waals surface area contributed by atoms with E-state index in [0.29, 0.717) is 0 Å². The molecule has 0 aliphatic carbocycles. The first-order chi connectivity index (χ1) is 3.71. The summed E-state index contributed by atoms with van der Waals surface area (Å²) < 4.78 is 56.6. The van der Waals surface area contributed by atoms with Gasteiger partial charge in [0.15, 0.2) is 0 Å². The Hall–Kier alpha value is 0.377. The summed E-state index contributed by atoms with van der Waals surface area (Å²) in [5, 5.41) is 0. The molecule has 0 radical (unpaired) electrons. The van der Waals surface area contributed by atoms with Crippen LogP contribution in [0.2, 0.25) is 0 Å². The van der Waals surface area contributed by atoms with Crippen LogP contribution in [-0.2, 0) is 49.1 Å². The van der Waals surface area contributed by atoms with Crippen LogP contribution in [-0.4, -0.2) is 7.52 Å². The maximum atomic E-state index is 9.57. The zero-order valence-corrected chi connectivity index (χ0v) is 9.18. The normalized spacial score (nSPS) is 11.1. The topological polar surface area (TPSA) is 188 Å². The van der Waals surface area contributed by atoms with Gasteiger partial charge in [-0.3, -0.25) is 0 Å². The molecule has 0 unspecified atom stereocenters. The molecule has 0 atom stereocenters. The summed E-state index contributed by atoms with van der Waals surface area (Å²) in [5.41, 5.74) is 0. The van der Waals surface area contributed by atoms with Gasteiger partial charge in [-0.05, 0) is 0 Å². The van der Waals surface area contributed by atoms with E-state index in [1.165, 1.54) is 0 Å². The Kier molecular flexibility index (Phi) is 8.09. The fraction of sp³-hybridized carbons (Fsp3) is 0. The van der Waals surface area contributed by atoms with Gasteiger partial charge in [0.05, 0.1) is 0 Å². The summed E-state index contributed by atoms with van der Waals surface area (Å²) in [6.45, 7) is 0. The van der Waals surface area contributed by atoms with Crippen molar-refractivity contribution in [2.24, 2.45) is 0 Å². The summed E-state index contributed by atoms with van der Waals surface area (Å²) >= 11 is -12.1. The van der Waals surface area contributed by atoms with Crippen molar-refractivity contribution in [1.82, 2.24) is 12.3 Å². The molecule has 0 heterocycles. The molecule has 0 aromatic rings. The van der Waals surface area contributed by atoms with Crippen molar-refractivity contribution in [2.45, 2.75) is 0 Å². The SMILES string of the molecule is N.N.[O]=[Mo](=[O])([OH])[O][Mo](=[O])(=[O])[OH]. The van der Waals surface area contributed by atoms with Crippen molar-refractivity contribution in [2.75, 3.05) is 0 Å². The second-order valence-corrected chi connectivity index (χ2v) is 7.44. The number of hydrogen-bond acceptors (Lipinski definition) is 7. The first-order valence-electron chi connectivity index (χ1n) is 1.37. The van der Waals surface area contributed by atoms with Crippen LogP contribution in [0, 0.1) is 0 Å². The Balaban J connectivity index is -0.000000320. The van der Waals surface area contributed by atoms with Gasteiger partial charge in [-0.1, -0.05) is 0 Å². The minimum absolute atomic E-state index is 0. The zero-order chi connectivity index (χ0) is 7.71. The van der Waals surface area contributed by atoms with Gasteiger partial charge in [0, 0.05) is 0 Å². The Labute approximate surface area is 69.0 Å². The molecule has 0 saturated heterocycles. The fourth-order valence-electron chi connectivity index (χ4n) is 0.109. The molecule has 0 aromatic carbocycles. The quantitative estimate of drug-likeness (QED) is 0.441. The first kappa shape index (κ1) is 17.5. The van der Waals surface area contributed by atoms with Gasteiger partial charge in [-0.25, -0.2) is 0 Å². The summed E-state index contributed by atoms with van der Waals surface area (Å²) in [6.07, 6.45) is 0. The van der Waals surface area contributed by atoms with Gasteiger partial charge < -0.3 is 12.3 Å². The number of hydrogen-bond donors (Lipinski definition) is 4. The van der Waals surface area contributed by atoms with Crippen LogP contribution in [0.3, 0.4) is 0 Å². The third-order valence-corrected chi connectivity index (χ3v) is 6.02. The van der Waals surface area contributed by atoms with E-state index in [-0.39, 0.29) is 12.3 Å². The molecule has 0 saturated carbocycles. The predicted octanol–water partition coefficient (Wildman–Crippen LogP) is -1.34. The molecule has 11 heteroatoms. The van der Waals surface area contributed by atoms with Gasteiger partial charge in [-0.15, -0.1) is 0 Å². The second-order valence-electron chi connectivity index (χ2n) is 0.924. The standard InChI is InChI=1S/2Mo.2H3N.2H2O.5O/h;;2*1H3;2*1H2;;;;;/q2*+1;;;;;;;;;/p-2. The van der Waals surface area contributed by atoms with E-state index in [0.717, 1.165) is 0 Å². The molecular formula is H8Mo2N2O7.